The van der Waals surface area contributed by atoms with E-state index in [0.717, 1.165) is 34.9 Å². The van der Waals surface area contributed by atoms with E-state index < -0.39 is 5.97 Å². The van der Waals surface area contributed by atoms with E-state index in [2.05, 4.69) is 0 Å². The van der Waals surface area contributed by atoms with E-state index in [1.807, 2.05) is 24.3 Å². The molecule has 24 heavy (non-hydrogen) atoms. The average Bonchev–Trinajstić information content (AvgIpc) is 3.31. The van der Waals surface area contributed by atoms with Crippen LogP contribution in [0.2, 0.25) is 5.02 Å². The van der Waals surface area contributed by atoms with Crippen LogP contribution in [0.5, 0.6) is 0 Å². The lowest BCUT2D eigenvalue weighted by molar-refractivity contribution is -0.142. The minimum Gasteiger partial charge on any atom is -0.481 e. The molecule has 3 rings (SSSR count). The quantitative estimate of drug-likeness (QED) is 0.588. The van der Waals surface area contributed by atoms with E-state index >= 15 is 0 Å². The smallest absolute Gasteiger partial charge is 0.308 e. The number of benzene rings is 1. The van der Waals surface area contributed by atoms with Crippen molar-refractivity contribution < 1.29 is 14.7 Å². The van der Waals surface area contributed by atoms with Gasteiger partial charge in [0, 0.05) is 29.4 Å². The van der Waals surface area contributed by atoms with E-state index in [1.165, 1.54) is 0 Å². The van der Waals surface area contributed by atoms with Gasteiger partial charge in [0.15, 0.2) is 0 Å². The van der Waals surface area contributed by atoms with Gasteiger partial charge < -0.3 is 10.0 Å². The van der Waals surface area contributed by atoms with Gasteiger partial charge in [-0.2, -0.15) is 0 Å². The van der Waals surface area contributed by atoms with Gasteiger partial charge >= 0.3 is 5.97 Å². The van der Waals surface area contributed by atoms with Crippen molar-refractivity contribution in [2.75, 3.05) is 18.8 Å². The largest absolute Gasteiger partial charge is 0.481 e. The molecule has 2 aliphatic rings. The number of rotatable bonds is 7. The number of carbonyl (C=O) groups is 2. The van der Waals surface area contributed by atoms with Gasteiger partial charge in [0.05, 0.1) is 5.92 Å². The van der Waals surface area contributed by atoms with Crippen LogP contribution in [-0.4, -0.2) is 40.7 Å². The lowest BCUT2D eigenvalue weighted by Gasteiger charge is -2.16. The summed E-state index contributed by atoms with van der Waals surface area (Å²) in [4.78, 5) is 26.7. The zero-order valence-corrected chi connectivity index (χ0v) is 15.1. The Morgan fingerprint density at radius 3 is 2.54 bits per heavy atom. The molecule has 1 heterocycles. The van der Waals surface area contributed by atoms with Crippen LogP contribution in [0.4, 0.5) is 0 Å². The number of likely N-dealkylation sites (tertiary alicyclic amines) is 1. The normalized spacial score (nSPS) is 23.5. The van der Waals surface area contributed by atoms with E-state index in [0.29, 0.717) is 25.4 Å². The maximum absolute atomic E-state index is 12.4. The minimum atomic E-state index is -0.750. The van der Waals surface area contributed by atoms with Crippen LogP contribution in [0, 0.1) is 17.8 Å². The first kappa shape index (κ1) is 17.6. The van der Waals surface area contributed by atoms with Crippen molar-refractivity contribution in [1.29, 1.82) is 0 Å². The summed E-state index contributed by atoms with van der Waals surface area (Å²) in [6.07, 6.45) is 3.53. The summed E-state index contributed by atoms with van der Waals surface area (Å²) in [7, 11) is 0. The number of carboxylic acids is 1. The third kappa shape index (κ3) is 4.45. The molecule has 1 amide bonds. The van der Waals surface area contributed by atoms with Crippen molar-refractivity contribution in [2.45, 2.75) is 30.6 Å². The van der Waals surface area contributed by atoms with Crippen LogP contribution in [0.15, 0.2) is 29.2 Å². The van der Waals surface area contributed by atoms with Gasteiger partial charge in [-0.25, -0.2) is 0 Å². The van der Waals surface area contributed by atoms with E-state index in [9.17, 15) is 14.7 Å². The second-order valence-electron chi connectivity index (χ2n) is 6.65. The molecule has 1 aromatic rings. The second-order valence-corrected chi connectivity index (χ2v) is 8.26. The van der Waals surface area contributed by atoms with E-state index in [4.69, 9.17) is 11.6 Å². The maximum atomic E-state index is 12.4. The standard InChI is InChI=1S/C18H22ClNO3S/c19-13-5-7-14(8-6-13)24-9-1-2-17(21)20-10-15(12-3-4-12)16(11-20)18(22)23/h5-8,12,15-16H,1-4,9-11H2,(H,22,23)/t15-,16+/m1/s1. The first-order valence-corrected chi connectivity index (χ1v) is 9.80. The number of hydrogen-bond donors (Lipinski definition) is 1. The first-order chi connectivity index (χ1) is 11.5. The van der Waals surface area contributed by atoms with Crippen LogP contribution >= 0.6 is 23.4 Å². The molecule has 0 radical (unpaired) electrons. The Morgan fingerprint density at radius 1 is 1.21 bits per heavy atom. The number of carboxylic acid groups (broad SMARTS) is 1. The van der Waals surface area contributed by atoms with Crippen molar-refractivity contribution in [3.63, 3.8) is 0 Å². The summed E-state index contributed by atoms with van der Waals surface area (Å²) < 4.78 is 0. The summed E-state index contributed by atoms with van der Waals surface area (Å²) in [5.74, 6) is 0.529. The van der Waals surface area contributed by atoms with Crippen LogP contribution in [0.25, 0.3) is 0 Å². The Morgan fingerprint density at radius 2 is 1.92 bits per heavy atom. The fourth-order valence-electron chi connectivity index (χ4n) is 3.40. The van der Waals surface area contributed by atoms with Gasteiger partial charge in [0.25, 0.3) is 0 Å². The van der Waals surface area contributed by atoms with Crippen molar-refractivity contribution >= 4 is 35.2 Å². The monoisotopic (exact) mass is 367 g/mol. The molecular weight excluding hydrogens is 346 g/mol. The molecule has 0 bridgehead atoms. The highest BCUT2D eigenvalue weighted by Crippen LogP contribution is 2.44. The van der Waals surface area contributed by atoms with Crippen LogP contribution in [0.3, 0.4) is 0 Å². The van der Waals surface area contributed by atoms with Crippen LogP contribution < -0.4 is 0 Å². The van der Waals surface area contributed by atoms with Gasteiger partial charge in [0.2, 0.25) is 5.91 Å². The number of hydrogen-bond acceptors (Lipinski definition) is 3. The van der Waals surface area contributed by atoms with Crippen molar-refractivity contribution in [3.8, 4) is 0 Å². The molecule has 1 saturated carbocycles. The molecule has 130 valence electrons. The zero-order valence-electron chi connectivity index (χ0n) is 13.5. The molecule has 0 unspecified atom stereocenters. The lowest BCUT2D eigenvalue weighted by atomic mass is 9.92. The molecular formula is C18H22ClNO3S. The van der Waals surface area contributed by atoms with E-state index in [1.54, 1.807) is 16.7 Å². The number of halogens is 1. The number of amides is 1. The Labute approximate surface area is 151 Å². The van der Waals surface area contributed by atoms with Crippen molar-refractivity contribution in [3.05, 3.63) is 29.3 Å². The molecule has 1 aliphatic carbocycles. The third-order valence-corrected chi connectivity index (χ3v) is 6.23. The predicted octanol–water partition coefficient (Wildman–Crippen LogP) is 3.78. The number of carbonyl (C=O) groups excluding carboxylic acids is 1. The molecule has 0 spiro atoms. The summed E-state index contributed by atoms with van der Waals surface area (Å²) in [5, 5.41) is 10.1. The van der Waals surface area contributed by atoms with Crippen LogP contribution in [-0.2, 0) is 9.59 Å². The van der Waals surface area contributed by atoms with Crippen LogP contribution in [0.1, 0.15) is 25.7 Å². The highest BCUT2D eigenvalue weighted by atomic mass is 35.5. The molecule has 1 N–H and O–H groups in total. The Kier molecular flexibility index (Phi) is 5.72. The fourth-order valence-corrected chi connectivity index (χ4v) is 4.38. The summed E-state index contributed by atoms with van der Waals surface area (Å²) >= 11 is 7.57. The van der Waals surface area contributed by atoms with Gasteiger partial charge in [-0.15, -0.1) is 11.8 Å². The third-order valence-electron chi connectivity index (χ3n) is 4.88. The molecule has 0 aromatic heterocycles. The number of nitrogens with zero attached hydrogens (tertiary/aromatic N) is 1. The average molecular weight is 368 g/mol. The molecule has 1 saturated heterocycles. The van der Waals surface area contributed by atoms with Crippen molar-refractivity contribution in [2.24, 2.45) is 17.8 Å². The highest BCUT2D eigenvalue weighted by molar-refractivity contribution is 7.99. The summed E-state index contributed by atoms with van der Waals surface area (Å²) in [5.41, 5.74) is 0. The predicted molar refractivity (Wildman–Crippen MR) is 95.3 cm³/mol. The van der Waals surface area contributed by atoms with Gasteiger partial charge in [-0.1, -0.05) is 11.6 Å². The fraction of sp³-hybridized carbons (Fsp3) is 0.556. The zero-order chi connectivity index (χ0) is 17.1. The van der Waals surface area contributed by atoms with Gasteiger partial charge in [-0.05, 0) is 61.1 Å². The van der Waals surface area contributed by atoms with E-state index in [-0.39, 0.29) is 17.7 Å². The SMILES string of the molecule is O=C(O)[C@H]1CN(C(=O)CCCSc2ccc(Cl)cc2)C[C@@H]1C1CC1. The number of thioether (sulfide) groups is 1. The molecule has 2 atom stereocenters. The molecule has 2 fully saturated rings. The van der Waals surface area contributed by atoms with Gasteiger partial charge in [0.1, 0.15) is 0 Å². The molecule has 1 aliphatic heterocycles. The maximum Gasteiger partial charge on any atom is 0.308 e. The van der Waals surface area contributed by atoms with Crippen molar-refractivity contribution in [1.82, 2.24) is 4.90 Å². The topological polar surface area (TPSA) is 57.6 Å². The van der Waals surface area contributed by atoms with Gasteiger partial charge in [-0.3, -0.25) is 9.59 Å². The number of aliphatic carboxylic acids is 1. The molecule has 6 heteroatoms. The lowest BCUT2D eigenvalue weighted by Crippen LogP contribution is -2.29. The second kappa shape index (κ2) is 7.79. The molecule has 1 aromatic carbocycles. The highest BCUT2D eigenvalue weighted by Gasteiger charge is 2.46. The Balaban J connectivity index is 1.42. The first-order valence-electron chi connectivity index (χ1n) is 8.43. The Bertz CT molecular complexity index is 603. The summed E-state index contributed by atoms with van der Waals surface area (Å²) in [6, 6.07) is 7.69. The molecule has 4 nitrogen and oxygen atoms in total. The summed E-state index contributed by atoms with van der Waals surface area (Å²) in [6.45, 7) is 1.02. The minimum absolute atomic E-state index is 0.0982. The Hall–Kier alpha value is -1.20.